The lowest BCUT2D eigenvalue weighted by atomic mass is 9.88. The summed E-state index contributed by atoms with van der Waals surface area (Å²) in [6.07, 6.45) is 1.74. The molecule has 15 heavy (non-hydrogen) atoms. The van der Waals surface area contributed by atoms with Crippen LogP contribution in [0.25, 0.3) is 0 Å². The van der Waals surface area contributed by atoms with Crippen LogP contribution in [0, 0.1) is 0 Å². The second-order valence-electron chi connectivity index (χ2n) is 3.96. The summed E-state index contributed by atoms with van der Waals surface area (Å²) in [5.74, 6) is -1.03. The molecule has 0 aliphatic carbocycles. The Morgan fingerprint density at radius 1 is 1.60 bits per heavy atom. The maximum Gasteiger partial charge on any atom is 0.327 e. The molecule has 1 unspecified atom stereocenters. The quantitative estimate of drug-likeness (QED) is 0.455. The monoisotopic (exact) mass is 232 g/mol. The van der Waals surface area contributed by atoms with E-state index in [1.165, 1.54) is 0 Å². The van der Waals surface area contributed by atoms with Gasteiger partial charge in [-0.1, -0.05) is 0 Å². The van der Waals surface area contributed by atoms with Crippen LogP contribution in [0.3, 0.4) is 0 Å². The van der Waals surface area contributed by atoms with Gasteiger partial charge in [-0.15, -0.1) is 0 Å². The van der Waals surface area contributed by atoms with Gasteiger partial charge in [-0.25, -0.2) is 4.79 Å². The summed E-state index contributed by atoms with van der Waals surface area (Å²) in [5.41, 5.74) is 0. The Labute approximate surface area is 94.2 Å². The molecule has 1 aliphatic heterocycles. The highest BCUT2D eigenvalue weighted by Gasteiger charge is 2.41. The number of carbonyl (C=O) groups is 2. The van der Waals surface area contributed by atoms with E-state index >= 15 is 0 Å². The van der Waals surface area contributed by atoms with Crippen molar-refractivity contribution in [3.8, 4) is 0 Å². The lowest BCUT2D eigenvalue weighted by molar-refractivity contribution is -0.141. The minimum Gasteiger partial charge on any atom is -0.480 e. The van der Waals surface area contributed by atoms with Gasteiger partial charge in [0.25, 0.3) is 0 Å². The van der Waals surface area contributed by atoms with E-state index in [4.69, 9.17) is 5.11 Å². The Bertz CT molecular complexity index is 252. The second kappa shape index (κ2) is 4.85. The molecule has 0 aromatic carbocycles. The molecule has 0 radical (unpaired) electrons. The van der Waals surface area contributed by atoms with Gasteiger partial charge >= 0.3 is 5.97 Å². The van der Waals surface area contributed by atoms with Gasteiger partial charge in [0.1, 0.15) is 6.04 Å². The van der Waals surface area contributed by atoms with Gasteiger partial charge in [-0.2, -0.15) is 12.6 Å². The molecule has 0 aromatic heterocycles. The van der Waals surface area contributed by atoms with E-state index in [-0.39, 0.29) is 0 Å². The van der Waals surface area contributed by atoms with E-state index in [9.17, 15) is 9.59 Å². The molecule has 86 valence electrons. The van der Waals surface area contributed by atoms with Crippen LogP contribution in [0.2, 0.25) is 0 Å². The normalized spacial score (nSPS) is 23.1. The molecule has 2 N–H and O–H groups in total. The molecule has 1 saturated heterocycles. The van der Waals surface area contributed by atoms with Crippen LogP contribution in [0.4, 0.5) is 0 Å². The third-order valence-electron chi connectivity index (χ3n) is 2.87. The third kappa shape index (κ3) is 2.85. The van der Waals surface area contributed by atoms with Gasteiger partial charge in [0.2, 0.25) is 6.41 Å². The Morgan fingerprint density at radius 2 is 2.13 bits per heavy atom. The Morgan fingerprint density at radius 3 is 2.53 bits per heavy atom. The van der Waals surface area contributed by atoms with Crippen molar-refractivity contribution in [3.05, 3.63) is 0 Å². The second-order valence-corrected chi connectivity index (χ2v) is 4.85. The van der Waals surface area contributed by atoms with Crippen LogP contribution in [0.15, 0.2) is 0 Å². The molecule has 0 spiro atoms. The van der Waals surface area contributed by atoms with Gasteiger partial charge in [0, 0.05) is 4.75 Å². The Kier molecular flexibility index (Phi) is 3.98. The van der Waals surface area contributed by atoms with Gasteiger partial charge in [-0.3, -0.25) is 4.79 Å². The first-order valence-electron chi connectivity index (χ1n) is 4.83. The number of aliphatic carboxylic acids is 1. The summed E-state index contributed by atoms with van der Waals surface area (Å²) in [6, 6.07) is -0.910. The summed E-state index contributed by atoms with van der Waals surface area (Å²) in [6.45, 7) is 1.60. The van der Waals surface area contributed by atoms with E-state index in [1.807, 2.05) is 7.05 Å². The van der Waals surface area contributed by atoms with Crippen LogP contribution in [-0.4, -0.2) is 53.3 Å². The summed E-state index contributed by atoms with van der Waals surface area (Å²) in [5, 5.41) is 11.3. The number of piperidine rings is 1. The van der Waals surface area contributed by atoms with E-state index < -0.39 is 16.8 Å². The number of hydrogen-bond acceptors (Lipinski definition) is 4. The molecule has 6 heteroatoms. The van der Waals surface area contributed by atoms with E-state index in [0.717, 1.165) is 13.1 Å². The summed E-state index contributed by atoms with van der Waals surface area (Å²) >= 11 is 4.43. The minimum absolute atomic E-state index is 0.426. The van der Waals surface area contributed by atoms with Gasteiger partial charge in [-0.05, 0) is 33.0 Å². The van der Waals surface area contributed by atoms with Crippen molar-refractivity contribution < 1.29 is 14.7 Å². The summed E-state index contributed by atoms with van der Waals surface area (Å²) in [7, 11) is 1.98. The maximum atomic E-state index is 11.0. The number of carbonyl (C=O) groups excluding carboxylic acids is 1. The molecule has 1 heterocycles. The molecule has 1 atom stereocenters. The van der Waals surface area contributed by atoms with Crippen molar-refractivity contribution in [2.45, 2.75) is 23.6 Å². The molecule has 0 bridgehead atoms. The number of carboxylic acids is 1. The van der Waals surface area contributed by atoms with Crippen molar-refractivity contribution in [2.75, 3.05) is 20.1 Å². The molecule has 5 nitrogen and oxygen atoms in total. The number of likely N-dealkylation sites (tertiary alicyclic amines) is 1. The number of hydrogen-bond donors (Lipinski definition) is 3. The number of rotatable bonds is 4. The summed E-state index contributed by atoms with van der Waals surface area (Å²) in [4.78, 5) is 23.5. The molecule has 1 aliphatic rings. The molecule has 1 fully saturated rings. The molecular weight excluding hydrogens is 216 g/mol. The number of thiol groups is 1. The van der Waals surface area contributed by atoms with Crippen LogP contribution in [0.5, 0.6) is 0 Å². The van der Waals surface area contributed by atoms with Crippen LogP contribution in [0.1, 0.15) is 12.8 Å². The minimum atomic E-state index is -1.03. The zero-order valence-corrected chi connectivity index (χ0v) is 9.54. The number of amides is 1. The summed E-state index contributed by atoms with van der Waals surface area (Å²) < 4.78 is -0.640. The maximum absolute atomic E-state index is 11.0. The fraction of sp³-hybridized carbons (Fsp3) is 0.778. The first-order valence-corrected chi connectivity index (χ1v) is 5.28. The van der Waals surface area contributed by atoms with Crippen LogP contribution < -0.4 is 5.32 Å². The molecule has 1 rings (SSSR count). The predicted molar refractivity (Wildman–Crippen MR) is 59.1 cm³/mol. The molecule has 0 saturated carbocycles. The lowest BCUT2D eigenvalue weighted by Gasteiger charge is -2.40. The van der Waals surface area contributed by atoms with Gasteiger partial charge in [0.05, 0.1) is 0 Å². The standard InChI is InChI=1S/C9H16N2O3S/c1-11-4-2-9(15,3-5-11)7(8(13)14)10-6-12/h6-7,15H,2-5H2,1H3,(H,10,12)(H,13,14). The predicted octanol–water partition coefficient (Wildman–Crippen LogP) is -0.420. The third-order valence-corrected chi connectivity index (χ3v) is 3.58. The highest BCUT2D eigenvalue weighted by atomic mass is 32.1. The average molecular weight is 232 g/mol. The molecule has 1 amide bonds. The van der Waals surface area contributed by atoms with Crippen molar-refractivity contribution in [1.82, 2.24) is 10.2 Å². The van der Waals surface area contributed by atoms with Crippen molar-refractivity contribution in [3.63, 3.8) is 0 Å². The lowest BCUT2D eigenvalue weighted by Crippen LogP contribution is -2.56. The first kappa shape index (κ1) is 12.3. The zero-order chi connectivity index (χ0) is 11.5. The van der Waals surface area contributed by atoms with Gasteiger partial charge in [0.15, 0.2) is 0 Å². The van der Waals surface area contributed by atoms with Gasteiger partial charge < -0.3 is 15.3 Å². The number of carboxylic acid groups (broad SMARTS) is 1. The highest BCUT2D eigenvalue weighted by molar-refractivity contribution is 7.82. The topological polar surface area (TPSA) is 69.6 Å². The van der Waals surface area contributed by atoms with E-state index in [0.29, 0.717) is 19.3 Å². The largest absolute Gasteiger partial charge is 0.480 e. The number of nitrogens with zero attached hydrogens (tertiary/aromatic N) is 1. The Hall–Kier alpha value is -0.750. The van der Waals surface area contributed by atoms with Crippen LogP contribution in [-0.2, 0) is 9.59 Å². The molecular formula is C9H16N2O3S. The fourth-order valence-corrected chi connectivity index (χ4v) is 2.20. The SMILES string of the molecule is CN1CCC(S)(C(NC=O)C(=O)O)CC1. The average Bonchev–Trinajstić information content (AvgIpc) is 2.19. The zero-order valence-electron chi connectivity index (χ0n) is 8.64. The van der Waals surface area contributed by atoms with Crippen molar-refractivity contribution >= 4 is 25.0 Å². The van der Waals surface area contributed by atoms with Crippen LogP contribution >= 0.6 is 12.6 Å². The Balaban J connectivity index is 2.72. The fourth-order valence-electron chi connectivity index (χ4n) is 1.82. The van der Waals surface area contributed by atoms with E-state index in [2.05, 4.69) is 22.8 Å². The molecule has 0 aromatic rings. The van der Waals surface area contributed by atoms with Crippen molar-refractivity contribution in [1.29, 1.82) is 0 Å². The smallest absolute Gasteiger partial charge is 0.327 e. The first-order chi connectivity index (χ1) is 6.99. The van der Waals surface area contributed by atoms with E-state index in [1.54, 1.807) is 0 Å². The van der Waals surface area contributed by atoms with Crippen molar-refractivity contribution in [2.24, 2.45) is 0 Å². The highest BCUT2D eigenvalue weighted by Crippen LogP contribution is 2.31. The number of nitrogens with one attached hydrogen (secondary N) is 1.